The zero-order chi connectivity index (χ0) is 20.1. The van der Waals surface area contributed by atoms with Gasteiger partial charge in [0.05, 0.1) is 7.11 Å². The first kappa shape index (κ1) is 19.1. The van der Waals surface area contributed by atoms with E-state index in [4.69, 9.17) is 4.74 Å². The molecule has 0 unspecified atom stereocenters. The molecule has 0 atom stereocenters. The number of hydrogen-bond donors (Lipinski definition) is 2. The number of benzene rings is 2. The molecule has 0 saturated heterocycles. The van der Waals surface area contributed by atoms with Gasteiger partial charge in [0, 0.05) is 23.1 Å². The normalized spacial score (nSPS) is 10.2. The Morgan fingerprint density at radius 1 is 0.893 bits per heavy atom. The third-order valence-electron chi connectivity index (χ3n) is 4.23. The largest absolute Gasteiger partial charge is 0.497 e. The van der Waals surface area contributed by atoms with Crippen LogP contribution < -0.4 is 15.4 Å². The van der Waals surface area contributed by atoms with Gasteiger partial charge in [0.25, 0.3) is 11.8 Å². The van der Waals surface area contributed by atoms with Crippen molar-refractivity contribution in [2.45, 2.75) is 13.8 Å². The van der Waals surface area contributed by atoms with Gasteiger partial charge in [-0.1, -0.05) is 17.7 Å². The van der Waals surface area contributed by atoms with Crippen LogP contribution in [-0.4, -0.2) is 23.9 Å². The first-order valence-electron chi connectivity index (χ1n) is 8.76. The molecule has 3 aromatic rings. The zero-order valence-corrected chi connectivity index (χ0v) is 15.9. The number of carbonyl (C=O) groups is 2. The number of aromatic nitrogens is 1. The second kappa shape index (κ2) is 8.35. The van der Waals surface area contributed by atoms with E-state index < -0.39 is 5.91 Å². The van der Waals surface area contributed by atoms with E-state index in [1.165, 1.54) is 12.3 Å². The van der Waals surface area contributed by atoms with Gasteiger partial charge < -0.3 is 15.4 Å². The second-order valence-electron chi connectivity index (χ2n) is 6.38. The number of nitrogens with one attached hydrogen (secondary N) is 2. The van der Waals surface area contributed by atoms with Crippen molar-refractivity contribution in [2.24, 2.45) is 0 Å². The van der Waals surface area contributed by atoms with Gasteiger partial charge in [0.1, 0.15) is 11.4 Å². The van der Waals surface area contributed by atoms with Crippen LogP contribution in [0.3, 0.4) is 0 Å². The van der Waals surface area contributed by atoms with E-state index in [-0.39, 0.29) is 11.6 Å². The first-order valence-corrected chi connectivity index (χ1v) is 8.76. The third-order valence-corrected chi connectivity index (χ3v) is 4.23. The smallest absolute Gasteiger partial charge is 0.274 e. The van der Waals surface area contributed by atoms with Crippen LogP contribution in [0.15, 0.2) is 60.8 Å². The molecular formula is C22H21N3O3. The molecule has 0 spiro atoms. The molecule has 1 heterocycles. The molecule has 0 radical (unpaired) electrons. The highest BCUT2D eigenvalue weighted by molar-refractivity contribution is 6.08. The maximum Gasteiger partial charge on any atom is 0.274 e. The van der Waals surface area contributed by atoms with Crippen molar-refractivity contribution in [3.63, 3.8) is 0 Å². The summed E-state index contributed by atoms with van der Waals surface area (Å²) in [4.78, 5) is 29.1. The molecule has 2 amide bonds. The van der Waals surface area contributed by atoms with Crippen molar-refractivity contribution in [2.75, 3.05) is 17.7 Å². The summed E-state index contributed by atoms with van der Waals surface area (Å²) in [6.45, 7) is 3.93. The number of anilines is 2. The summed E-state index contributed by atoms with van der Waals surface area (Å²) in [7, 11) is 1.58. The molecule has 0 bridgehead atoms. The molecule has 2 N–H and O–H groups in total. The molecule has 6 heteroatoms. The van der Waals surface area contributed by atoms with Gasteiger partial charge >= 0.3 is 0 Å². The fourth-order valence-corrected chi connectivity index (χ4v) is 2.71. The van der Waals surface area contributed by atoms with Gasteiger partial charge in [0.15, 0.2) is 0 Å². The number of carbonyl (C=O) groups excluding carboxylic acids is 2. The lowest BCUT2D eigenvalue weighted by Gasteiger charge is -2.10. The van der Waals surface area contributed by atoms with Gasteiger partial charge in [0.2, 0.25) is 0 Å². The lowest BCUT2D eigenvalue weighted by Crippen LogP contribution is -2.17. The van der Waals surface area contributed by atoms with Crippen LogP contribution in [0.25, 0.3) is 0 Å². The third kappa shape index (κ3) is 4.54. The maximum absolute atomic E-state index is 12.6. The van der Waals surface area contributed by atoms with Crippen LogP contribution in [0.2, 0.25) is 0 Å². The number of aryl methyl sites for hydroxylation is 2. The van der Waals surface area contributed by atoms with E-state index in [1.807, 2.05) is 32.0 Å². The Labute approximate surface area is 163 Å². The summed E-state index contributed by atoms with van der Waals surface area (Å²) in [5.74, 6) is 0.000348. The Balaban J connectivity index is 1.73. The Kier molecular flexibility index (Phi) is 5.69. The van der Waals surface area contributed by atoms with Crippen molar-refractivity contribution >= 4 is 23.2 Å². The molecular weight excluding hydrogens is 354 g/mol. The zero-order valence-electron chi connectivity index (χ0n) is 15.9. The number of ether oxygens (including phenoxy) is 1. The number of methoxy groups -OCH3 is 1. The lowest BCUT2D eigenvalue weighted by molar-refractivity contribution is 0.102. The SMILES string of the molecule is COc1ccc(NC(=O)c2cc(C(=O)Nc3ccc(C)cc3C)ccn2)cc1. The van der Waals surface area contributed by atoms with Gasteiger partial charge in [-0.15, -0.1) is 0 Å². The Hall–Kier alpha value is -3.67. The van der Waals surface area contributed by atoms with Crippen molar-refractivity contribution in [3.05, 3.63) is 83.2 Å². The molecule has 6 nitrogen and oxygen atoms in total. The average molecular weight is 375 g/mol. The number of hydrogen-bond acceptors (Lipinski definition) is 4. The fourth-order valence-electron chi connectivity index (χ4n) is 2.71. The Morgan fingerprint density at radius 3 is 2.32 bits per heavy atom. The van der Waals surface area contributed by atoms with Crippen LogP contribution >= 0.6 is 0 Å². The summed E-state index contributed by atoms with van der Waals surface area (Å²) in [5.41, 5.74) is 3.95. The van der Waals surface area contributed by atoms with Gasteiger partial charge in [-0.05, 0) is 61.9 Å². The fraction of sp³-hybridized carbons (Fsp3) is 0.136. The van der Waals surface area contributed by atoms with Crippen LogP contribution in [0.4, 0.5) is 11.4 Å². The minimum absolute atomic E-state index is 0.157. The van der Waals surface area contributed by atoms with Crippen LogP contribution in [-0.2, 0) is 0 Å². The lowest BCUT2D eigenvalue weighted by atomic mass is 10.1. The predicted octanol–water partition coefficient (Wildman–Crippen LogP) is 4.21. The highest BCUT2D eigenvalue weighted by Gasteiger charge is 2.13. The molecule has 142 valence electrons. The van der Waals surface area contributed by atoms with Crippen LogP contribution in [0, 0.1) is 13.8 Å². The van der Waals surface area contributed by atoms with Gasteiger partial charge in [-0.3, -0.25) is 14.6 Å². The van der Waals surface area contributed by atoms with Crippen molar-refractivity contribution < 1.29 is 14.3 Å². The van der Waals surface area contributed by atoms with Gasteiger partial charge in [-0.2, -0.15) is 0 Å². The minimum Gasteiger partial charge on any atom is -0.497 e. The highest BCUT2D eigenvalue weighted by Crippen LogP contribution is 2.18. The summed E-state index contributed by atoms with van der Waals surface area (Å²) in [6, 6.07) is 15.8. The van der Waals surface area contributed by atoms with E-state index in [0.717, 1.165) is 16.8 Å². The Morgan fingerprint density at radius 2 is 1.64 bits per heavy atom. The van der Waals surface area contributed by atoms with Crippen molar-refractivity contribution in [3.8, 4) is 5.75 Å². The van der Waals surface area contributed by atoms with E-state index in [9.17, 15) is 9.59 Å². The molecule has 0 saturated carbocycles. The highest BCUT2D eigenvalue weighted by atomic mass is 16.5. The average Bonchev–Trinajstić information content (AvgIpc) is 2.70. The Bertz CT molecular complexity index is 1010. The molecule has 3 rings (SSSR count). The van der Waals surface area contributed by atoms with Gasteiger partial charge in [-0.25, -0.2) is 0 Å². The molecule has 2 aromatic carbocycles. The molecule has 1 aromatic heterocycles. The van der Waals surface area contributed by atoms with E-state index in [2.05, 4.69) is 15.6 Å². The van der Waals surface area contributed by atoms with Crippen LogP contribution in [0.5, 0.6) is 5.75 Å². The molecule has 0 aliphatic rings. The summed E-state index contributed by atoms with van der Waals surface area (Å²) >= 11 is 0. The van der Waals surface area contributed by atoms with Crippen molar-refractivity contribution in [1.29, 1.82) is 0 Å². The van der Waals surface area contributed by atoms with E-state index in [1.54, 1.807) is 37.4 Å². The maximum atomic E-state index is 12.6. The van der Waals surface area contributed by atoms with Crippen molar-refractivity contribution in [1.82, 2.24) is 4.98 Å². The van der Waals surface area contributed by atoms with E-state index in [0.29, 0.717) is 17.0 Å². The summed E-state index contributed by atoms with van der Waals surface area (Å²) < 4.78 is 5.10. The quantitative estimate of drug-likeness (QED) is 0.700. The summed E-state index contributed by atoms with van der Waals surface area (Å²) in [5, 5.41) is 5.62. The summed E-state index contributed by atoms with van der Waals surface area (Å²) in [6.07, 6.45) is 1.44. The monoisotopic (exact) mass is 375 g/mol. The molecule has 0 aliphatic carbocycles. The van der Waals surface area contributed by atoms with E-state index >= 15 is 0 Å². The first-order chi connectivity index (χ1) is 13.5. The number of amides is 2. The molecule has 0 aliphatic heterocycles. The predicted molar refractivity (Wildman–Crippen MR) is 109 cm³/mol. The standard InChI is InChI=1S/C22H21N3O3/c1-14-4-9-19(15(2)12-14)25-21(26)16-10-11-23-20(13-16)22(27)24-17-5-7-18(28-3)8-6-17/h4-13H,1-3H3,(H,24,27)(H,25,26). The van der Waals surface area contributed by atoms with Crippen LogP contribution in [0.1, 0.15) is 32.0 Å². The minimum atomic E-state index is -0.397. The second-order valence-corrected chi connectivity index (χ2v) is 6.38. The number of nitrogens with zero attached hydrogens (tertiary/aromatic N) is 1. The topological polar surface area (TPSA) is 80.3 Å². The number of rotatable bonds is 5. The molecule has 28 heavy (non-hydrogen) atoms. The molecule has 0 fully saturated rings. The number of pyridine rings is 1.